The molecule has 0 spiro atoms. The molecule has 60 valence electrons. The van der Waals surface area contributed by atoms with Crippen LogP contribution in [-0.2, 0) is 0 Å². The molecule has 0 bridgehead atoms. The van der Waals surface area contributed by atoms with Gasteiger partial charge in [0, 0.05) is 6.61 Å². The van der Waals surface area contributed by atoms with Crippen molar-refractivity contribution in [3.8, 4) is 0 Å². The van der Waals surface area contributed by atoms with Gasteiger partial charge in [-0.1, -0.05) is 13.8 Å². The molecule has 0 amide bonds. The van der Waals surface area contributed by atoms with Gasteiger partial charge in [-0.2, -0.15) is 0 Å². The molecule has 3 atom stereocenters. The number of aliphatic hydroxyl groups is 1. The van der Waals surface area contributed by atoms with Gasteiger partial charge in [0.05, 0.1) is 0 Å². The second kappa shape index (κ2) is 3.38. The van der Waals surface area contributed by atoms with Crippen molar-refractivity contribution >= 4 is 0 Å². The molecule has 0 saturated heterocycles. The van der Waals surface area contributed by atoms with Crippen molar-refractivity contribution in [1.29, 1.82) is 0 Å². The molecule has 1 N–H and O–H groups in total. The third-order valence-corrected chi connectivity index (χ3v) is 2.53. The number of hydrogen-bond donors (Lipinski definition) is 1. The van der Waals surface area contributed by atoms with Crippen LogP contribution in [0.15, 0.2) is 0 Å². The predicted molar refractivity (Wildman–Crippen MR) is 42.8 cm³/mol. The van der Waals surface area contributed by atoms with Crippen molar-refractivity contribution in [2.75, 3.05) is 6.61 Å². The van der Waals surface area contributed by atoms with E-state index in [1.165, 1.54) is 19.3 Å². The Morgan fingerprint density at radius 3 is 2.00 bits per heavy atom. The van der Waals surface area contributed by atoms with Crippen molar-refractivity contribution in [3.63, 3.8) is 0 Å². The topological polar surface area (TPSA) is 20.2 Å². The Morgan fingerprint density at radius 1 is 1.10 bits per heavy atom. The highest BCUT2D eigenvalue weighted by atomic mass is 16.3. The molecule has 10 heavy (non-hydrogen) atoms. The zero-order valence-corrected chi connectivity index (χ0v) is 7.01. The summed E-state index contributed by atoms with van der Waals surface area (Å²) in [5.74, 6) is 2.26. The summed E-state index contributed by atoms with van der Waals surface area (Å²) in [7, 11) is 0. The summed E-state index contributed by atoms with van der Waals surface area (Å²) in [6, 6.07) is 0. The Hall–Kier alpha value is -0.0400. The second-order valence-electron chi connectivity index (χ2n) is 3.97. The summed E-state index contributed by atoms with van der Waals surface area (Å²) >= 11 is 0. The van der Waals surface area contributed by atoms with E-state index in [0.29, 0.717) is 12.5 Å². The van der Waals surface area contributed by atoms with Gasteiger partial charge in [0.1, 0.15) is 0 Å². The van der Waals surface area contributed by atoms with Crippen molar-refractivity contribution in [2.45, 2.75) is 33.1 Å². The number of aliphatic hydroxyl groups excluding tert-OH is 1. The Kier molecular flexibility index (Phi) is 2.72. The van der Waals surface area contributed by atoms with Crippen LogP contribution in [0.1, 0.15) is 33.1 Å². The molecule has 1 unspecified atom stereocenters. The lowest BCUT2D eigenvalue weighted by molar-refractivity contribution is 0.138. The van der Waals surface area contributed by atoms with Crippen molar-refractivity contribution < 1.29 is 5.11 Å². The third kappa shape index (κ3) is 1.98. The first kappa shape index (κ1) is 8.06. The lowest BCUT2D eigenvalue weighted by Gasteiger charge is -2.29. The molecule has 1 fully saturated rings. The van der Waals surface area contributed by atoms with Crippen molar-refractivity contribution in [3.05, 3.63) is 0 Å². The summed E-state index contributed by atoms with van der Waals surface area (Å²) in [5, 5.41) is 8.93. The summed E-state index contributed by atoms with van der Waals surface area (Å²) < 4.78 is 0. The van der Waals surface area contributed by atoms with E-state index in [1.54, 1.807) is 0 Å². The van der Waals surface area contributed by atoms with E-state index in [1.807, 2.05) is 0 Å². The molecule has 0 aromatic rings. The van der Waals surface area contributed by atoms with Gasteiger partial charge in [0.15, 0.2) is 0 Å². The van der Waals surface area contributed by atoms with Crippen LogP contribution in [0.5, 0.6) is 0 Å². The predicted octanol–water partition coefficient (Wildman–Crippen LogP) is 2.05. The minimum Gasteiger partial charge on any atom is -0.396 e. The van der Waals surface area contributed by atoms with Crippen LogP contribution in [0.25, 0.3) is 0 Å². The van der Waals surface area contributed by atoms with Crippen LogP contribution >= 0.6 is 0 Å². The van der Waals surface area contributed by atoms with Gasteiger partial charge in [-0.25, -0.2) is 0 Å². The summed E-state index contributed by atoms with van der Waals surface area (Å²) in [5.41, 5.74) is 0. The van der Waals surface area contributed by atoms with Crippen LogP contribution in [0.4, 0.5) is 0 Å². The van der Waals surface area contributed by atoms with Crippen molar-refractivity contribution in [2.24, 2.45) is 17.8 Å². The molecule has 0 aliphatic heterocycles. The van der Waals surface area contributed by atoms with E-state index < -0.39 is 0 Å². The van der Waals surface area contributed by atoms with Gasteiger partial charge in [-0.3, -0.25) is 0 Å². The van der Waals surface area contributed by atoms with Gasteiger partial charge in [-0.15, -0.1) is 0 Å². The van der Waals surface area contributed by atoms with Gasteiger partial charge in [-0.05, 0) is 37.0 Å². The maximum Gasteiger partial charge on any atom is 0.0459 e. The SMILES string of the molecule is C[C@@H]1CC(CO)C[C@H](C)C1. The van der Waals surface area contributed by atoms with Gasteiger partial charge >= 0.3 is 0 Å². The second-order valence-corrected chi connectivity index (χ2v) is 3.97. The average molecular weight is 142 g/mol. The zero-order chi connectivity index (χ0) is 7.56. The molecule has 1 saturated carbocycles. The van der Waals surface area contributed by atoms with E-state index >= 15 is 0 Å². The van der Waals surface area contributed by atoms with Gasteiger partial charge in [0.2, 0.25) is 0 Å². The number of rotatable bonds is 1. The Morgan fingerprint density at radius 2 is 1.60 bits per heavy atom. The highest BCUT2D eigenvalue weighted by molar-refractivity contribution is 4.73. The lowest BCUT2D eigenvalue weighted by Crippen LogP contribution is -2.21. The van der Waals surface area contributed by atoms with E-state index in [2.05, 4.69) is 13.8 Å². The fourth-order valence-corrected chi connectivity index (χ4v) is 2.26. The minimum atomic E-state index is 0.398. The molecular weight excluding hydrogens is 124 g/mol. The smallest absolute Gasteiger partial charge is 0.0459 e. The quantitative estimate of drug-likeness (QED) is 0.594. The van der Waals surface area contributed by atoms with Crippen LogP contribution in [-0.4, -0.2) is 11.7 Å². The lowest BCUT2D eigenvalue weighted by atomic mass is 9.77. The van der Waals surface area contributed by atoms with E-state index in [4.69, 9.17) is 5.11 Å². The third-order valence-electron chi connectivity index (χ3n) is 2.53. The summed E-state index contributed by atoms with van der Waals surface area (Å²) in [6.45, 7) is 4.98. The highest BCUT2D eigenvalue weighted by Gasteiger charge is 2.22. The number of hydrogen-bond acceptors (Lipinski definition) is 1. The van der Waals surface area contributed by atoms with Crippen molar-refractivity contribution in [1.82, 2.24) is 0 Å². The largest absolute Gasteiger partial charge is 0.396 e. The molecule has 1 aliphatic carbocycles. The first-order chi connectivity index (χ1) is 4.72. The molecule has 0 heterocycles. The molecule has 0 aromatic carbocycles. The standard InChI is InChI=1S/C9H18O/c1-7-3-8(2)5-9(4-7)6-10/h7-10H,3-6H2,1-2H3/t7-,8+,9?. The fraction of sp³-hybridized carbons (Fsp3) is 1.00. The Bertz CT molecular complexity index is 90.9. The Balaban J connectivity index is 2.35. The maximum atomic E-state index is 8.93. The molecule has 0 aromatic heterocycles. The minimum absolute atomic E-state index is 0.398. The molecular formula is C9H18O. The zero-order valence-electron chi connectivity index (χ0n) is 7.01. The van der Waals surface area contributed by atoms with Crippen LogP contribution in [0.3, 0.4) is 0 Å². The van der Waals surface area contributed by atoms with Crippen LogP contribution in [0.2, 0.25) is 0 Å². The van der Waals surface area contributed by atoms with Crippen LogP contribution in [0, 0.1) is 17.8 Å². The molecule has 0 radical (unpaired) electrons. The van der Waals surface area contributed by atoms with E-state index in [9.17, 15) is 0 Å². The van der Waals surface area contributed by atoms with Gasteiger partial charge < -0.3 is 5.11 Å². The highest BCUT2D eigenvalue weighted by Crippen LogP contribution is 2.32. The van der Waals surface area contributed by atoms with Gasteiger partial charge in [0.25, 0.3) is 0 Å². The molecule has 1 nitrogen and oxygen atoms in total. The van der Waals surface area contributed by atoms with Crippen LogP contribution < -0.4 is 0 Å². The maximum absolute atomic E-state index is 8.93. The Labute approximate surface area is 63.4 Å². The van der Waals surface area contributed by atoms with E-state index in [0.717, 1.165) is 11.8 Å². The summed E-state index contributed by atoms with van der Waals surface area (Å²) in [4.78, 5) is 0. The molecule has 1 heteroatoms. The first-order valence-corrected chi connectivity index (χ1v) is 4.33. The molecule has 1 rings (SSSR count). The fourth-order valence-electron chi connectivity index (χ4n) is 2.26. The average Bonchev–Trinajstić information content (AvgIpc) is 1.85. The monoisotopic (exact) mass is 142 g/mol. The first-order valence-electron chi connectivity index (χ1n) is 4.33. The molecule has 1 aliphatic rings. The summed E-state index contributed by atoms with van der Waals surface area (Å²) in [6.07, 6.45) is 3.83. The normalized spacial score (nSPS) is 41.7. The van der Waals surface area contributed by atoms with E-state index in [-0.39, 0.29) is 0 Å².